The van der Waals surface area contributed by atoms with E-state index in [0.29, 0.717) is 18.9 Å². The highest BCUT2D eigenvalue weighted by Crippen LogP contribution is 2.20. The van der Waals surface area contributed by atoms with E-state index in [9.17, 15) is 13.2 Å². The van der Waals surface area contributed by atoms with Crippen molar-refractivity contribution in [3.8, 4) is 0 Å². The molecule has 0 N–H and O–H groups in total. The van der Waals surface area contributed by atoms with Crippen LogP contribution in [0.4, 0.5) is 0 Å². The Morgan fingerprint density at radius 3 is 2.68 bits per heavy atom. The van der Waals surface area contributed by atoms with Crippen molar-refractivity contribution in [3.05, 3.63) is 0 Å². The Kier molecular flexibility index (Phi) is 4.84. The number of carbonyl (C=O) groups excluding carboxylic acids is 1. The number of hydrogen-bond acceptors (Lipinski definition) is 4. The zero-order chi connectivity index (χ0) is 13.9. The molecule has 2 fully saturated rings. The molecule has 2 rings (SSSR count). The van der Waals surface area contributed by atoms with Crippen LogP contribution in [0, 0.1) is 5.92 Å². The van der Waals surface area contributed by atoms with Crippen LogP contribution in [0.2, 0.25) is 0 Å². The fourth-order valence-electron chi connectivity index (χ4n) is 3.01. The van der Waals surface area contributed by atoms with Crippen molar-refractivity contribution in [2.24, 2.45) is 5.92 Å². The van der Waals surface area contributed by atoms with Crippen molar-refractivity contribution < 1.29 is 13.2 Å². The van der Waals surface area contributed by atoms with Gasteiger partial charge in [0, 0.05) is 38.9 Å². The molecule has 0 unspecified atom stereocenters. The Morgan fingerprint density at radius 1 is 1.26 bits per heavy atom. The number of sulfone groups is 1. The summed E-state index contributed by atoms with van der Waals surface area (Å²) >= 11 is 0. The molecule has 1 atom stereocenters. The molecule has 0 spiro atoms. The van der Waals surface area contributed by atoms with Gasteiger partial charge < -0.3 is 9.80 Å². The number of rotatable bonds is 5. The van der Waals surface area contributed by atoms with Gasteiger partial charge in [0.15, 0.2) is 0 Å². The van der Waals surface area contributed by atoms with Gasteiger partial charge in [-0.05, 0) is 31.7 Å². The first-order valence-electron chi connectivity index (χ1n) is 7.12. The molecule has 0 aromatic rings. The van der Waals surface area contributed by atoms with E-state index in [4.69, 9.17) is 0 Å². The van der Waals surface area contributed by atoms with E-state index in [-0.39, 0.29) is 11.7 Å². The molecule has 110 valence electrons. The first-order valence-corrected chi connectivity index (χ1v) is 9.18. The lowest BCUT2D eigenvalue weighted by molar-refractivity contribution is -0.128. The second-order valence-electron chi connectivity index (χ2n) is 5.88. The van der Waals surface area contributed by atoms with Gasteiger partial charge in [-0.2, -0.15) is 0 Å². The van der Waals surface area contributed by atoms with Gasteiger partial charge in [-0.1, -0.05) is 0 Å². The summed E-state index contributed by atoms with van der Waals surface area (Å²) in [4.78, 5) is 15.8. The molecule has 0 bridgehead atoms. The van der Waals surface area contributed by atoms with Crippen LogP contribution in [0.5, 0.6) is 0 Å². The highest BCUT2D eigenvalue weighted by molar-refractivity contribution is 7.90. The third kappa shape index (κ3) is 4.76. The summed E-state index contributed by atoms with van der Waals surface area (Å²) in [7, 11) is -2.88. The minimum absolute atomic E-state index is 0.238. The smallest absolute Gasteiger partial charge is 0.222 e. The number of amides is 1. The van der Waals surface area contributed by atoms with E-state index < -0.39 is 9.84 Å². The Bertz CT molecular complexity index is 422. The zero-order valence-corrected chi connectivity index (χ0v) is 12.5. The maximum atomic E-state index is 11.6. The number of hydrogen-bond donors (Lipinski definition) is 0. The van der Waals surface area contributed by atoms with Crippen LogP contribution in [-0.4, -0.2) is 68.9 Å². The summed E-state index contributed by atoms with van der Waals surface area (Å²) in [6.45, 7) is 4.30. The molecule has 2 heterocycles. The number of piperidine rings is 1. The Morgan fingerprint density at radius 2 is 2.05 bits per heavy atom. The summed E-state index contributed by atoms with van der Waals surface area (Å²) in [6.07, 6.45) is 5.24. The molecule has 0 aliphatic carbocycles. The minimum Gasteiger partial charge on any atom is -0.342 e. The average molecular weight is 288 g/mol. The molecule has 0 aromatic heterocycles. The second kappa shape index (κ2) is 6.22. The van der Waals surface area contributed by atoms with Gasteiger partial charge in [0.05, 0.1) is 5.75 Å². The molecular weight excluding hydrogens is 264 g/mol. The van der Waals surface area contributed by atoms with E-state index in [0.717, 1.165) is 45.4 Å². The van der Waals surface area contributed by atoms with Gasteiger partial charge in [0.25, 0.3) is 0 Å². The van der Waals surface area contributed by atoms with Gasteiger partial charge in [-0.15, -0.1) is 0 Å². The monoisotopic (exact) mass is 288 g/mol. The lowest BCUT2D eigenvalue weighted by Crippen LogP contribution is -2.42. The molecule has 2 aliphatic rings. The molecule has 0 radical (unpaired) electrons. The van der Waals surface area contributed by atoms with Gasteiger partial charge in [0.1, 0.15) is 9.84 Å². The van der Waals surface area contributed by atoms with Gasteiger partial charge >= 0.3 is 0 Å². The fraction of sp³-hybridized carbons (Fsp3) is 0.923. The zero-order valence-electron chi connectivity index (χ0n) is 11.7. The van der Waals surface area contributed by atoms with Crippen LogP contribution in [0.15, 0.2) is 0 Å². The van der Waals surface area contributed by atoms with Crippen molar-refractivity contribution >= 4 is 15.7 Å². The molecule has 0 aromatic carbocycles. The minimum atomic E-state index is -2.88. The van der Waals surface area contributed by atoms with Crippen LogP contribution in [0.1, 0.15) is 25.7 Å². The topological polar surface area (TPSA) is 57.7 Å². The largest absolute Gasteiger partial charge is 0.342 e. The van der Waals surface area contributed by atoms with E-state index in [1.807, 2.05) is 4.90 Å². The fourth-order valence-corrected chi connectivity index (χ4v) is 3.60. The number of carbonyl (C=O) groups is 1. The summed E-state index contributed by atoms with van der Waals surface area (Å²) in [5, 5.41) is 0. The van der Waals surface area contributed by atoms with Gasteiger partial charge in [-0.3, -0.25) is 4.79 Å². The van der Waals surface area contributed by atoms with Gasteiger partial charge in [0.2, 0.25) is 5.91 Å². The maximum absolute atomic E-state index is 11.6. The Balaban J connectivity index is 1.78. The number of likely N-dealkylation sites (tertiary alicyclic amines) is 2. The Hall–Kier alpha value is -0.620. The summed E-state index contributed by atoms with van der Waals surface area (Å²) in [5.41, 5.74) is 0. The molecule has 0 saturated carbocycles. The molecule has 19 heavy (non-hydrogen) atoms. The lowest BCUT2D eigenvalue weighted by atomic mass is 9.97. The standard InChI is InChI=1S/C13H24N2O3S/c1-19(17,18)9-8-14-6-2-4-12(10-14)11-15-7-3-5-13(15)16/h12H,2-11H2,1H3/t12-/m1/s1. The highest BCUT2D eigenvalue weighted by atomic mass is 32.2. The molecule has 2 aliphatic heterocycles. The van der Waals surface area contributed by atoms with Gasteiger partial charge in [-0.25, -0.2) is 8.42 Å². The average Bonchev–Trinajstić information content (AvgIpc) is 2.72. The van der Waals surface area contributed by atoms with Crippen LogP contribution in [0.3, 0.4) is 0 Å². The van der Waals surface area contributed by atoms with E-state index in [2.05, 4.69) is 4.90 Å². The van der Waals surface area contributed by atoms with Crippen molar-refractivity contribution in [3.63, 3.8) is 0 Å². The van der Waals surface area contributed by atoms with Crippen LogP contribution < -0.4 is 0 Å². The van der Waals surface area contributed by atoms with Crippen LogP contribution >= 0.6 is 0 Å². The lowest BCUT2D eigenvalue weighted by Gasteiger charge is -2.34. The van der Waals surface area contributed by atoms with Crippen molar-refractivity contribution in [1.29, 1.82) is 0 Å². The van der Waals surface area contributed by atoms with E-state index in [1.165, 1.54) is 6.26 Å². The van der Waals surface area contributed by atoms with Crippen LogP contribution in [0.25, 0.3) is 0 Å². The normalized spacial score (nSPS) is 26.1. The van der Waals surface area contributed by atoms with Crippen molar-refractivity contribution in [1.82, 2.24) is 9.80 Å². The molecular formula is C13H24N2O3S. The van der Waals surface area contributed by atoms with Crippen molar-refractivity contribution in [2.75, 3.05) is 44.7 Å². The summed E-state index contributed by atoms with van der Waals surface area (Å²) in [5.74, 6) is 1.03. The predicted octanol–water partition coefficient (Wildman–Crippen LogP) is 0.365. The summed E-state index contributed by atoms with van der Waals surface area (Å²) in [6, 6.07) is 0. The Labute approximate surface area is 115 Å². The molecule has 6 heteroatoms. The molecule has 2 saturated heterocycles. The third-order valence-corrected chi connectivity index (χ3v) is 4.96. The second-order valence-corrected chi connectivity index (χ2v) is 8.14. The molecule has 5 nitrogen and oxygen atoms in total. The quantitative estimate of drug-likeness (QED) is 0.733. The van der Waals surface area contributed by atoms with Crippen molar-refractivity contribution in [2.45, 2.75) is 25.7 Å². The predicted molar refractivity (Wildman–Crippen MR) is 74.7 cm³/mol. The number of nitrogens with zero attached hydrogens (tertiary/aromatic N) is 2. The summed E-state index contributed by atoms with van der Waals surface area (Å²) < 4.78 is 22.4. The maximum Gasteiger partial charge on any atom is 0.222 e. The molecule has 1 amide bonds. The SMILES string of the molecule is CS(=O)(=O)CCN1CCC[C@@H](CN2CCCC2=O)C1. The first-order chi connectivity index (χ1) is 8.94. The highest BCUT2D eigenvalue weighted by Gasteiger charge is 2.26. The van der Waals surface area contributed by atoms with E-state index >= 15 is 0 Å². The third-order valence-electron chi connectivity index (χ3n) is 4.03. The van der Waals surface area contributed by atoms with E-state index in [1.54, 1.807) is 0 Å². The first kappa shape index (κ1) is 14.8. The van der Waals surface area contributed by atoms with Crippen LogP contribution in [-0.2, 0) is 14.6 Å².